The first-order chi connectivity index (χ1) is 7.58. The molecule has 3 nitrogen and oxygen atoms in total. The normalized spacial score (nSPS) is 9.62. The lowest BCUT2D eigenvalue weighted by Gasteiger charge is -2.08. The summed E-state index contributed by atoms with van der Waals surface area (Å²) in [5, 5.41) is 9.45. The van der Waals surface area contributed by atoms with E-state index in [1.165, 1.54) is 0 Å². The van der Waals surface area contributed by atoms with Crippen LogP contribution in [0.15, 0.2) is 12.1 Å². The molecule has 0 bridgehead atoms. The molecule has 0 aliphatic heterocycles. The number of aryl methyl sites for hydroxylation is 1. The summed E-state index contributed by atoms with van der Waals surface area (Å²) in [5.74, 6) is -0.329. The van der Waals surface area contributed by atoms with E-state index >= 15 is 0 Å². The van der Waals surface area contributed by atoms with Crippen molar-refractivity contribution in [1.29, 1.82) is 5.26 Å². The molecule has 4 heteroatoms. The van der Waals surface area contributed by atoms with Gasteiger partial charge in [0.1, 0.15) is 0 Å². The van der Waals surface area contributed by atoms with Gasteiger partial charge in [-0.1, -0.05) is 11.6 Å². The van der Waals surface area contributed by atoms with Crippen molar-refractivity contribution >= 4 is 17.6 Å². The third-order valence-corrected chi connectivity index (χ3v) is 2.40. The highest BCUT2D eigenvalue weighted by Gasteiger charge is 2.12. The monoisotopic (exact) mass is 237 g/mol. The van der Waals surface area contributed by atoms with Crippen molar-refractivity contribution in [3.8, 4) is 6.07 Å². The van der Waals surface area contributed by atoms with Crippen LogP contribution in [0.5, 0.6) is 0 Å². The molecule has 0 heterocycles. The Balaban J connectivity index is 3.04. The Morgan fingerprint density at radius 1 is 1.56 bits per heavy atom. The van der Waals surface area contributed by atoms with E-state index in [0.29, 0.717) is 22.8 Å². The summed E-state index contributed by atoms with van der Waals surface area (Å²) in [6.07, 6.45) is 0.111. The number of benzene rings is 1. The predicted molar refractivity (Wildman–Crippen MR) is 61.2 cm³/mol. The summed E-state index contributed by atoms with van der Waals surface area (Å²) in [5.41, 5.74) is 1.94. The Bertz CT molecular complexity index is 449. The van der Waals surface area contributed by atoms with Gasteiger partial charge in [0, 0.05) is 5.02 Å². The lowest BCUT2D eigenvalue weighted by Crippen LogP contribution is -2.10. The number of nitriles is 1. The molecule has 0 aliphatic rings. The smallest absolute Gasteiger partial charge is 0.310 e. The molecule has 0 saturated carbocycles. The Kier molecular flexibility index (Phi) is 4.33. The molecule has 1 aromatic carbocycles. The van der Waals surface area contributed by atoms with Crippen molar-refractivity contribution in [2.24, 2.45) is 0 Å². The van der Waals surface area contributed by atoms with Crippen LogP contribution in [0.1, 0.15) is 23.6 Å². The van der Waals surface area contributed by atoms with Crippen LogP contribution in [0, 0.1) is 18.3 Å². The Morgan fingerprint density at radius 2 is 2.25 bits per heavy atom. The predicted octanol–water partition coefficient (Wildman–Crippen LogP) is 2.63. The first kappa shape index (κ1) is 12.5. The number of esters is 1. The average Bonchev–Trinajstić information content (AvgIpc) is 2.22. The van der Waals surface area contributed by atoms with Crippen LogP contribution in [-0.4, -0.2) is 12.6 Å². The van der Waals surface area contributed by atoms with Gasteiger partial charge in [0.2, 0.25) is 0 Å². The first-order valence-electron chi connectivity index (χ1n) is 4.93. The van der Waals surface area contributed by atoms with E-state index in [2.05, 4.69) is 0 Å². The van der Waals surface area contributed by atoms with Gasteiger partial charge >= 0.3 is 5.97 Å². The van der Waals surface area contributed by atoms with Gasteiger partial charge in [-0.05, 0) is 37.1 Å². The standard InChI is InChI=1S/C12H12ClNO2/c1-3-16-12(15)6-11-8(2)4-10(13)5-9(11)7-14/h4-5H,3,6H2,1-2H3. The van der Waals surface area contributed by atoms with Crippen LogP contribution in [0.4, 0.5) is 0 Å². The molecule has 1 aromatic rings. The molecule has 0 atom stereocenters. The Hall–Kier alpha value is -1.53. The third kappa shape index (κ3) is 2.98. The summed E-state index contributed by atoms with van der Waals surface area (Å²) in [6.45, 7) is 3.91. The highest BCUT2D eigenvalue weighted by Crippen LogP contribution is 2.21. The van der Waals surface area contributed by atoms with Gasteiger partial charge < -0.3 is 4.74 Å². The molecular formula is C12H12ClNO2. The summed E-state index contributed by atoms with van der Waals surface area (Å²) < 4.78 is 4.85. The van der Waals surface area contributed by atoms with Crippen molar-refractivity contribution in [2.75, 3.05) is 6.61 Å². The second-order valence-electron chi connectivity index (χ2n) is 3.34. The van der Waals surface area contributed by atoms with E-state index in [4.69, 9.17) is 21.6 Å². The fourth-order valence-corrected chi connectivity index (χ4v) is 1.74. The molecule has 0 N–H and O–H groups in total. The van der Waals surface area contributed by atoms with Crippen LogP contribution in [-0.2, 0) is 16.0 Å². The van der Waals surface area contributed by atoms with Crippen molar-refractivity contribution in [3.05, 3.63) is 33.8 Å². The summed E-state index contributed by atoms with van der Waals surface area (Å²) in [6, 6.07) is 5.32. The highest BCUT2D eigenvalue weighted by molar-refractivity contribution is 6.30. The van der Waals surface area contributed by atoms with E-state index < -0.39 is 0 Å². The molecule has 0 amide bonds. The minimum Gasteiger partial charge on any atom is -0.466 e. The van der Waals surface area contributed by atoms with Gasteiger partial charge in [-0.2, -0.15) is 5.26 Å². The van der Waals surface area contributed by atoms with Gasteiger partial charge in [-0.3, -0.25) is 4.79 Å². The zero-order chi connectivity index (χ0) is 12.1. The Morgan fingerprint density at radius 3 is 2.81 bits per heavy atom. The van der Waals surface area contributed by atoms with E-state index in [-0.39, 0.29) is 12.4 Å². The quantitative estimate of drug-likeness (QED) is 0.760. The molecule has 16 heavy (non-hydrogen) atoms. The third-order valence-electron chi connectivity index (χ3n) is 2.18. The second-order valence-corrected chi connectivity index (χ2v) is 3.78. The van der Waals surface area contributed by atoms with Crippen LogP contribution < -0.4 is 0 Å². The number of halogens is 1. The second kappa shape index (κ2) is 5.53. The maximum Gasteiger partial charge on any atom is 0.310 e. The van der Waals surface area contributed by atoms with E-state index in [1.807, 2.05) is 13.0 Å². The number of hydrogen-bond donors (Lipinski definition) is 0. The van der Waals surface area contributed by atoms with Gasteiger partial charge in [-0.15, -0.1) is 0 Å². The molecule has 84 valence electrons. The van der Waals surface area contributed by atoms with Crippen molar-refractivity contribution < 1.29 is 9.53 Å². The van der Waals surface area contributed by atoms with Crippen LogP contribution in [0.3, 0.4) is 0 Å². The van der Waals surface area contributed by atoms with Crippen molar-refractivity contribution in [3.63, 3.8) is 0 Å². The number of ether oxygens (including phenoxy) is 1. The zero-order valence-corrected chi connectivity index (χ0v) is 9.97. The first-order valence-corrected chi connectivity index (χ1v) is 5.31. The minimum absolute atomic E-state index is 0.111. The van der Waals surface area contributed by atoms with Gasteiger partial charge in [-0.25, -0.2) is 0 Å². The van der Waals surface area contributed by atoms with E-state index in [1.54, 1.807) is 19.1 Å². The van der Waals surface area contributed by atoms with Crippen LogP contribution in [0.25, 0.3) is 0 Å². The molecule has 0 spiro atoms. The fourth-order valence-electron chi connectivity index (χ4n) is 1.46. The maximum absolute atomic E-state index is 11.4. The summed E-state index contributed by atoms with van der Waals surface area (Å²) in [7, 11) is 0. The van der Waals surface area contributed by atoms with Gasteiger partial charge in [0.05, 0.1) is 24.7 Å². The van der Waals surface area contributed by atoms with Gasteiger partial charge in [0.25, 0.3) is 0 Å². The lowest BCUT2D eigenvalue weighted by atomic mass is 10.00. The zero-order valence-electron chi connectivity index (χ0n) is 9.21. The summed E-state index contributed by atoms with van der Waals surface area (Å²) in [4.78, 5) is 11.4. The largest absolute Gasteiger partial charge is 0.466 e. The summed E-state index contributed by atoms with van der Waals surface area (Å²) >= 11 is 5.83. The van der Waals surface area contributed by atoms with E-state index in [0.717, 1.165) is 5.56 Å². The molecule has 0 saturated heterocycles. The molecular weight excluding hydrogens is 226 g/mol. The molecule has 0 radical (unpaired) electrons. The number of hydrogen-bond acceptors (Lipinski definition) is 3. The van der Waals surface area contributed by atoms with Crippen LogP contribution >= 0.6 is 11.6 Å². The topological polar surface area (TPSA) is 50.1 Å². The van der Waals surface area contributed by atoms with Crippen molar-refractivity contribution in [1.82, 2.24) is 0 Å². The fraction of sp³-hybridized carbons (Fsp3) is 0.333. The number of rotatable bonds is 3. The average molecular weight is 238 g/mol. The molecule has 1 rings (SSSR count). The lowest BCUT2D eigenvalue weighted by molar-refractivity contribution is -0.142. The molecule has 0 fully saturated rings. The highest BCUT2D eigenvalue weighted by atomic mass is 35.5. The SMILES string of the molecule is CCOC(=O)Cc1c(C)cc(Cl)cc1C#N. The van der Waals surface area contributed by atoms with Gasteiger partial charge in [0.15, 0.2) is 0 Å². The number of nitrogens with zero attached hydrogens (tertiary/aromatic N) is 1. The number of carbonyl (C=O) groups excluding carboxylic acids is 1. The Labute approximate surface area is 99.6 Å². The van der Waals surface area contributed by atoms with Crippen LogP contribution in [0.2, 0.25) is 5.02 Å². The number of carbonyl (C=O) groups is 1. The molecule has 0 aromatic heterocycles. The maximum atomic E-state index is 11.4. The van der Waals surface area contributed by atoms with Crippen molar-refractivity contribution in [2.45, 2.75) is 20.3 Å². The molecule has 0 aliphatic carbocycles. The minimum atomic E-state index is -0.329. The van der Waals surface area contributed by atoms with E-state index in [9.17, 15) is 4.79 Å². The molecule has 0 unspecified atom stereocenters.